The number of hydrogen-bond acceptors (Lipinski definition) is 4. The third-order valence-electron chi connectivity index (χ3n) is 8.62. The molecule has 190 valence electrons. The van der Waals surface area contributed by atoms with Crippen LogP contribution in [0, 0.1) is 5.41 Å². The van der Waals surface area contributed by atoms with Gasteiger partial charge in [0.2, 0.25) is 0 Å². The monoisotopic (exact) mass is 524 g/mol. The summed E-state index contributed by atoms with van der Waals surface area (Å²) in [6.45, 7) is 2.96. The van der Waals surface area contributed by atoms with E-state index >= 15 is 0 Å². The van der Waals surface area contributed by atoms with Crippen molar-refractivity contribution in [2.75, 3.05) is 20.2 Å². The molecule has 2 aliphatic carbocycles. The molecule has 0 bridgehead atoms. The van der Waals surface area contributed by atoms with Gasteiger partial charge in [-0.05, 0) is 85.9 Å². The summed E-state index contributed by atoms with van der Waals surface area (Å²) >= 11 is 12.9. The molecule has 0 amide bonds. The molecule has 1 aromatic heterocycles. The van der Waals surface area contributed by atoms with Crippen molar-refractivity contribution < 1.29 is 4.74 Å². The Morgan fingerprint density at radius 2 is 1.78 bits per heavy atom. The fraction of sp³-hybridized carbons (Fsp3) is 0.483. The van der Waals surface area contributed by atoms with Gasteiger partial charge in [-0.1, -0.05) is 42.5 Å². The number of methoxy groups -OCH3 is 1. The second-order valence-corrected chi connectivity index (χ2v) is 11.5. The van der Waals surface area contributed by atoms with Crippen molar-refractivity contribution in [1.29, 1.82) is 0 Å². The second-order valence-electron chi connectivity index (χ2n) is 10.7. The van der Waals surface area contributed by atoms with Gasteiger partial charge in [0.15, 0.2) is 0 Å². The first-order valence-electron chi connectivity index (χ1n) is 13.3. The standard InChI is InChI=1S/C29H34Cl2N4O/c1-36-22-7-9-23-20(17-22)5-8-24-26(33-35(28(23)24)27-10-6-21(30)18-25(27)31)19-32-34-15-13-29(14-16-34)11-3-2-4-12-29/h6-7,9-10,17-18,32H,2-5,8,11-16,19H2,1H3. The lowest BCUT2D eigenvalue weighted by Crippen LogP contribution is -2.47. The maximum absolute atomic E-state index is 6.67. The lowest BCUT2D eigenvalue weighted by Gasteiger charge is -2.44. The van der Waals surface area contributed by atoms with Crippen LogP contribution in [0.1, 0.15) is 61.8 Å². The number of hydrogen-bond donors (Lipinski definition) is 1. The third-order valence-corrected chi connectivity index (χ3v) is 9.16. The van der Waals surface area contributed by atoms with Gasteiger partial charge in [0.05, 0.1) is 35.8 Å². The molecule has 0 radical (unpaired) electrons. The maximum atomic E-state index is 6.67. The Bertz CT molecular complexity index is 1250. The molecule has 2 heterocycles. The number of fused-ring (bicyclic) bond motifs is 3. The van der Waals surface area contributed by atoms with Crippen molar-refractivity contribution in [3.05, 3.63) is 63.3 Å². The van der Waals surface area contributed by atoms with Crippen LogP contribution in [0.15, 0.2) is 36.4 Å². The number of nitrogens with one attached hydrogen (secondary N) is 1. The number of hydrazine groups is 1. The average Bonchev–Trinajstić information content (AvgIpc) is 3.27. The number of benzene rings is 2. The van der Waals surface area contributed by atoms with E-state index in [4.69, 9.17) is 33.0 Å². The van der Waals surface area contributed by atoms with Gasteiger partial charge in [-0.3, -0.25) is 0 Å². The van der Waals surface area contributed by atoms with E-state index < -0.39 is 0 Å². The zero-order valence-electron chi connectivity index (χ0n) is 21.0. The molecule has 5 nitrogen and oxygen atoms in total. The molecular weight excluding hydrogens is 491 g/mol. The Hall–Kier alpha value is -2.05. The molecule has 1 saturated carbocycles. The first-order chi connectivity index (χ1) is 17.5. The molecule has 1 saturated heterocycles. The van der Waals surface area contributed by atoms with Crippen molar-refractivity contribution in [3.8, 4) is 22.7 Å². The summed E-state index contributed by atoms with van der Waals surface area (Å²) < 4.78 is 7.51. The van der Waals surface area contributed by atoms with Gasteiger partial charge in [0.1, 0.15) is 5.75 Å². The second kappa shape index (κ2) is 10.0. The van der Waals surface area contributed by atoms with E-state index in [1.807, 2.05) is 22.9 Å². The number of nitrogens with zero attached hydrogens (tertiary/aromatic N) is 3. The number of aromatic nitrogens is 2. The topological polar surface area (TPSA) is 42.3 Å². The van der Waals surface area contributed by atoms with Crippen molar-refractivity contribution in [2.24, 2.45) is 5.41 Å². The lowest BCUT2D eigenvalue weighted by atomic mass is 9.68. The summed E-state index contributed by atoms with van der Waals surface area (Å²) in [6, 6.07) is 12.0. The van der Waals surface area contributed by atoms with Gasteiger partial charge in [-0.2, -0.15) is 5.10 Å². The molecule has 1 spiro atoms. The van der Waals surface area contributed by atoms with Gasteiger partial charge in [0.25, 0.3) is 0 Å². The summed E-state index contributed by atoms with van der Waals surface area (Å²) in [5.41, 5.74) is 11.2. The Morgan fingerprint density at radius 1 is 0.972 bits per heavy atom. The van der Waals surface area contributed by atoms with E-state index in [1.54, 1.807) is 13.2 Å². The number of ether oxygens (including phenoxy) is 1. The van der Waals surface area contributed by atoms with Gasteiger partial charge in [-0.25, -0.2) is 15.1 Å². The minimum absolute atomic E-state index is 0.599. The normalized spacial score (nSPS) is 19.2. The van der Waals surface area contributed by atoms with Crippen LogP contribution in [0.25, 0.3) is 16.9 Å². The van der Waals surface area contributed by atoms with Gasteiger partial charge in [0, 0.05) is 29.2 Å². The van der Waals surface area contributed by atoms with Crippen LogP contribution in [0.4, 0.5) is 0 Å². The highest BCUT2D eigenvalue weighted by Crippen LogP contribution is 2.44. The number of aryl methyl sites for hydroxylation is 1. The maximum Gasteiger partial charge on any atom is 0.119 e. The van der Waals surface area contributed by atoms with Crippen LogP contribution in [0.3, 0.4) is 0 Å². The fourth-order valence-corrected chi connectivity index (χ4v) is 7.02. The summed E-state index contributed by atoms with van der Waals surface area (Å²) in [6.07, 6.45) is 11.6. The van der Waals surface area contributed by atoms with Crippen LogP contribution in [-0.2, 0) is 19.4 Å². The molecule has 7 heteroatoms. The van der Waals surface area contributed by atoms with Crippen molar-refractivity contribution >= 4 is 23.2 Å². The van der Waals surface area contributed by atoms with Crippen LogP contribution in [-0.4, -0.2) is 35.0 Å². The van der Waals surface area contributed by atoms with Crippen LogP contribution < -0.4 is 10.2 Å². The summed E-state index contributed by atoms with van der Waals surface area (Å²) in [7, 11) is 1.72. The molecule has 3 aliphatic rings. The Balaban J connectivity index is 1.29. The van der Waals surface area contributed by atoms with Gasteiger partial charge >= 0.3 is 0 Å². The smallest absolute Gasteiger partial charge is 0.119 e. The number of rotatable bonds is 5. The molecule has 2 fully saturated rings. The van der Waals surface area contributed by atoms with Crippen LogP contribution in [0.2, 0.25) is 10.0 Å². The molecule has 0 atom stereocenters. The van der Waals surface area contributed by atoms with E-state index in [0.717, 1.165) is 55.3 Å². The molecular formula is C29H34Cl2N4O. The van der Waals surface area contributed by atoms with E-state index in [-0.39, 0.29) is 0 Å². The summed E-state index contributed by atoms with van der Waals surface area (Å²) in [4.78, 5) is 0. The van der Waals surface area contributed by atoms with E-state index in [1.165, 1.54) is 61.6 Å². The molecule has 0 unspecified atom stereocenters. The highest BCUT2D eigenvalue weighted by atomic mass is 35.5. The quantitative estimate of drug-likeness (QED) is 0.389. The zero-order chi connectivity index (χ0) is 24.7. The third kappa shape index (κ3) is 4.56. The fourth-order valence-electron chi connectivity index (χ4n) is 6.53. The van der Waals surface area contributed by atoms with E-state index in [0.29, 0.717) is 15.5 Å². The number of halogens is 2. The largest absolute Gasteiger partial charge is 0.497 e. The van der Waals surface area contributed by atoms with Crippen LogP contribution in [0.5, 0.6) is 5.75 Å². The highest BCUT2D eigenvalue weighted by Gasteiger charge is 2.35. The Morgan fingerprint density at radius 3 is 2.53 bits per heavy atom. The van der Waals surface area contributed by atoms with E-state index in [9.17, 15) is 0 Å². The minimum Gasteiger partial charge on any atom is -0.497 e. The van der Waals surface area contributed by atoms with Crippen molar-refractivity contribution in [3.63, 3.8) is 0 Å². The Kier molecular flexibility index (Phi) is 6.76. The Labute approximate surface area is 223 Å². The van der Waals surface area contributed by atoms with Crippen molar-refractivity contribution in [1.82, 2.24) is 20.2 Å². The molecule has 2 aromatic carbocycles. The molecule has 1 N–H and O–H groups in total. The molecule has 1 aliphatic heterocycles. The van der Waals surface area contributed by atoms with Gasteiger partial charge < -0.3 is 4.74 Å². The minimum atomic E-state index is 0.599. The molecule has 36 heavy (non-hydrogen) atoms. The first-order valence-corrected chi connectivity index (χ1v) is 14.0. The molecule has 6 rings (SSSR count). The summed E-state index contributed by atoms with van der Waals surface area (Å²) in [5.74, 6) is 0.885. The average molecular weight is 526 g/mol. The zero-order valence-corrected chi connectivity index (χ0v) is 22.5. The SMILES string of the molecule is COc1ccc2c(c1)CCc1c(CNN3CCC4(CCCCC4)CC3)nn(-c3ccc(Cl)cc3Cl)c1-2. The van der Waals surface area contributed by atoms with E-state index in [2.05, 4.69) is 22.6 Å². The summed E-state index contributed by atoms with van der Waals surface area (Å²) in [5, 5.41) is 8.77. The molecule has 3 aromatic rings. The predicted octanol–water partition coefficient (Wildman–Crippen LogP) is 7.00. The first kappa shape index (κ1) is 24.3. The number of piperidine rings is 1. The van der Waals surface area contributed by atoms with Gasteiger partial charge in [-0.15, -0.1) is 0 Å². The highest BCUT2D eigenvalue weighted by molar-refractivity contribution is 6.35. The predicted molar refractivity (Wildman–Crippen MR) is 146 cm³/mol. The lowest BCUT2D eigenvalue weighted by molar-refractivity contribution is 0.0383. The van der Waals surface area contributed by atoms with Crippen LogP contribution >= 0.6 is 23.2 Å². The van der Waals surface area contributed by atoms with Crippen molar-refractivity contribution in [2.45, 2.75) is 64.3 Å².